The average Bonchev–Trinajstić information content (AvgIpc) is 2.64. The molecule has 0 spiro atoms. The van der Waals surface area contributed by atoms with Crippen LogP contribution < -0.4 is 5.32 Å². The van der Waals surface area contributed by atoms with Gasteiger partial charge in [-0.3, -0.25) is 0 Å². The summed E-state index contributed by atoms with van der Waals surface area (Å²) in [6, 6.07) is 0. The molecule has 0 radical (unpaired) electrons. The van der Waals surface area contributed by atoms with Crippen LogP contribution in [0.3, 0.4) is 0 Å². The zero-order valence-electron chi connectivity index (χ0n) is 12.0. The highest BCUT2D eigenvalue weighted by atomic mass is 15.0. The van der Waals surface area contributed by atoms with Crippen LogP contribution in [-0.4, -0.2) is 12.1 Å². The lowest BCUT2D eigenvalue weighted by Gasteiger charge is -2.38. The van der Waals surface area contributed by atoms with Gasteiger partial charge in [0, 0.05) is 12.1 Å². The van der Waals surface area contributed by atoms with Gasteiger partial charge in [-0.05, 0) is 44.9 Å². The van der Waals surface area contributed by atoms with Crippen molar-refractivity contribution in [3.05, 3.63) is 0 Å². The van der Waals surface area contributed by atoms with Gasteiger partial charge in [0.05, 0.1) is 0 Å². The van der Waals surface area contributed by atoms with Crippen LogP contribution in [0.1, 0.15) is 73.1 Å². The van der Waals surface area contributed by atoms with Crippen molar-refractivity contribution < 1.29 is 0 Å². The molecule has 0 saturated heterocycles. The maximum absolute atomic E-state index is 3.74. The minimum Gasteiger partial charge on any atom is -0.312 e. The van der Waals surface area contributed by atoms with Gasteiger partial charge in [-0.15, -0.1) is 0 Å². The van der Waals surface area contributed by atoms with E-state index in [9.17, 15) is 0 Å². The van der Waals surface area contributed by atoms with E-state index in [4.69, 9.17) is 0 Å². The summed E-state index contributed by atoms with van der Waals surface area (Å²) in [7, 11) is 0. The van der Waals surface area contributed by atoms with Crippen LogP contribution in [0, 0.1) is 11.3 Å². The Morgan fingerprint density at radius 2 is 1.75 bits per heavy atom. The standard InChI is InChI=1S/C15H31N/c1-6-9-13(2)15(10-7-8-11-15)12-16-14(3,4)5/h13,16H,6-12H2,1-5H3. The highest BCUT2D eigenvalue weighted by molar-refractivity contribution is 4.92. The lowest BCUT2D eigenvalue weighted by atomic mass is 9.72. The zero-order valence-corrected chi connectivity index (χ0v) is 12.0. The Balaban J connectivity index is 2.58. The molecule has 1 aliphatic rings. The Hall–Kier alpha value is -0.0400. The van der Waals surface area contributed by atoms with E-state index in [2.05, 4.69) is 39.9 Å². The van der Waals surface area contributed by atoms with Gasteiger partial charge in [-0.2, -0.15) is 0 Å². The monoisotopic (exact) mass is 225 g/mol. The summed E-state index contributed by atoms with van der Waals surface area (Å²) in [5.41, 5.74) is 0.866. The summed E-state index contributed by atoms with van der Waals surface area (Å²) in [5, 5.41) is 3.74. The third-order valence-electron chi connectivity index (χ3n) is 4.34. The Morgan fingerprint density at radius 1 is 1.19 bits per heavy atom. The van der Waals surface area contributed by atoms with E-state index in [0.717, 1.165) is 5.92 Å². The van der Waals surface area contributed by atoms with Crippen LogP contribution in [0.25, 0.3) is 0 Å². The number of hydrogen-bond acceptors (Lipinski definition) is 1. The van der Waals surface area contributed by atoms with Crippen molar-refractivity contribution in [2.75, 3.05) is 6.54 Å². The van der Waals surface area contributed by atoms with Gasteiger partial charge in [0.15, 0.2) is 0 Å². The van der Waals surface area contributed by atoms with Crippen LogP contribution in [0.5, 0.6) is 0 Å². The van der Waals surface area contributed by atoms with Gasteiger partial charge in [-0.1, -0.05) is 39.5 Å². The summed E-state index contributed by atoms with van der Waals surface area (Å²) >= 11 is 0. The molecule has 0 amide bonds. The second-order valence-electron chi connectivity index (χ2n) is 6.86. The van der Waals surface area contributed by atoms with Crippen molar-refractivity contribution in [1.29, 1.82) is 0 Å². The highest BCUT2D eigenvalue weighted by Crippen LogP contribution is 2.45. The molecule has 0 aromatic heterocycles. The molecule has 16 heavy (non-hydrogen) atoms. The maximum Gasteiger partial charge on any atom is 0.00967 e. The molecule has 0 bridgehead atoms. The van der Waals surface area contributed by atoms with E-state index >= 15 is 0 Å². The molecule has 0 aromatic rings. The van der Waals surface area contributed by atoms with E-state index in [0.29, 0.717) is 5.41 Å². The summed E-state index contributed by atoms with van der Waals surface area (Å²) < 4.78 is 0. The lowest BCUT2D eigenvalue weighted by Crippen LogP contribution is -2.45. The molecule has 0 heterocycles. The second kappa shape index (κ2) is 5.53. The van der Waals surface area contributed by atoms with Gasteiger partial charge in [0.25, 0.3) is 0 Å². The van der Waals surface area contributed by atoms with Crippen molar-refractivity contribution in [3.8, 4) is 0 Å². The van der Waals surface area contributed by atoms with E-state index < -0.39 is 0 Å². The Labute approximate surface area is 102 Å². The molecule has 1 N–H and O–H groups in total. The molecule has 1 rings (SSSR count). The fourth-order valence-electron chi connectivity index (χ4n) is 3.10. The number of rotatable bonds is 5. The summed E-state index contributed by atoms with van der Waals surface area (Å²) in [6.45, 7) is 12.8. The third-order valence-corrected chi connectivity index (χ3v) is 4.34. The molecule has 0 aromatic carbocycles. The van der Waals surface area contributed by atoms with E-state index in [1.165, 1.54) is 45.1 Å². The van der Waals surface area contributed by atoms with Gasteiger partial charge >= 0.3 is 0 Å². The van der Waals surface area contributed by atoms with Crippen molar-refractivity contribution in [2.24, 2.45) is 11.3 Å². The van der Waals surface area contributed by atoms with Crippen molar-refractivity contribution >= 4 is 0 Å². The maximum atomic E-state index is 3.74. The molecule has 1 heteroatoms. The first-order valence-electron chi connectivity index (χ1n) is 7.15. The predicted molar refractivity (Wildman–Crippen MR) is 72.7 cm³/mol. The molecule has 1 nitrogen and oxygen atoms in total. The first-order chi connectivity index (χ1) is 7.40. The summed E-state index contributed by atoms with van der Waals surface area (Å²) in [6.07, 6.45) is 8.50. The topological polar surface area (TPSA) is 12.0 Å². The van der Waals surface area contributed by atoms with E-state index in [1.807, 2.05) is 0 Å². The van der Waals surface area contributed by atoms with Crippen molar-refractivity contribution in [2.45, 2.75) is 78.7 Å². The SMILES string of the molecule is CCCC(C)C1(CNC(C)(C)C)CCCC1. The van der Waals surface area contributed by atoms with Crippen LogP contribution >= 0.6 is 0 Å². The zero-order chi connectivity index (χ0) is 12.2. The first-order valence-corrected chi connectivity index (χ1v) is 7.15. The fourth-order valence-corrected chi connectivity index (χ4v) is 3.10. The summed E-state index contributed by atoms with van der Waals surface area (Å²) in [4.78, 5) is 0. The molecule has 1 aliphatic carbocycles. The van der Waals surface area contributed by atoms with Crippen LogP contribution in [0.15, 0.2) is 0 Å². The van der Waals surface area contributed by atoms with Crippen molar-refractivity contribution in [3.63, 3.8) is 0 Å². The molecule has 1 unspecified atom stereocenters. The molecule has 1 atom stereocenters. The molecule has 1 saturated carbocycles. The number of nitrogens with one attached hydrogen (secondary N) is 1. The average molecular weight is 225 g/mol. The van der Waals surface area contributed by atoms with Gasteiger partial charge < -0.3 is 5.32 Å². The van der Waals surface area contributed by atoms with E-state index in [-0.39, 0.29) is 5.54 Å². The quantitative estimate of drug-likeness (QED) is 0.732. The Morgan fingerprint density at radius 3 is 2.19 bits per heavy atom. The molecular formula is C15H31N. The van der Waals surface area contributed by atoms with Crippen LogP contribution in [0.2, 0.25) is 0 Å². The predicted octanol–water partition coefficient (Wildman–Crippen LogP) is 4.37. The van der Waals surface area contributed by atoms with Crippen LogP contribution in [0.4, 0.5) is 0 Å². The van der Waals surface area contributed by atoms with Crippen molar-refractivity contribution in [1.82, 2.24) is 5.32 Å². The van der Waals surface area contributed by atoms with Gasteiger partial charge in [0.2, 0.25) is 0 Å². The summed E-state index contributed by atoms with van der Waals surface area (Å²) in [5.74, 6) is 0.884. The minimum atomic E-state index is 0.265. The Kier molecular flexibility index (Phi) is 4.85. The molecule has 0 aliphatic heterocycles. The van der Waals surface area contributed by atoms with E-state index in [1.54, 1.807) is 0 Å². The molecule has 1 fully saturated rings. The largest absolute Gasteiger partial charge is 0.312 e. The van der Waals surface area contributed by atoms with Gasteiger partial charge in [0.1, 0.15) is 0 Å². The smallest absolute Gasteiger partial charge is 0.00967 e. The molecule has 96 valence electrons. The normalized spacial score (nSPS) is 22.3. The molecular weight excluding hydrogens is 194 g/mol. The first kappa shape index (κ1) is 14.0. The van der Waals surface area contributed by atoms with Gasteiger partial charge in [-0.25, -0.2) is 0 Å². The minimum absolute atomic E-state index is 0.265. The third kappa shape index (κ3) is 3.76. The highest BCUT2D eigenvalue weighted by Gasteiger charge is 2.38. The number of hydrogen-bond donors (Lipinski definition) is 1. The fraction of sp³-hybridized carbons (Fsp3) is 1.00. The Bertz CT molecular complexity index is 196. The second-order valence-corrected chi connectivity index (χ2v) is 6.86. The van der Waals surface area contributed by atoms with Crippen LogP contribution in [-0.2, 0) is 0 Å². The lowest BCUT2D eigenvalue weighted by molar-refractivity contribution is 0.150.